The molecule has 0 aromatic carbocycles. The number of nitrogens with zero attached hydrogens (tertiary/aromatic N) is 1. The summed E-state index contributed by atoms with van der Waals surface area (Å²) < 4.78 is 5.94. The third-order valence-corrected chi connectivity index (χ3v) is 3.97. The highest BCUT2D eigenvalue weighted by Gasteiger charge is 2.32. The van der Waals surface area contributed by atoms with E-state index in [1.54, 1.807) is 0 Å². The van der Waals surface area contributed by atoms with Crippen molar-refractivity contribution in [3.8, 4) is 0 Å². The molecule has 0 aromatic rings. The van der Waals surface area contributed by atoms with Crippen molar-refractivity contribution in [2.24, 2.45) is 5.92 Å². The van der Waals surface area contributed by atoms with Crippen LogP contribution in [0.1, 0.15) is 40.5 Å². The minimum absolute atomic E-state index is 0.105. The van der Waals surface area contributed by atoms with Gasteiger partial charge < -0.3 is 15.0 Å². The van der Waals surface area contributed by atoms with Crippen molar-refractivity contribution in [3.63, 3.8) is 0 Å². The third kappa shape index (κ3) is 4.94. The molecule has 1 fully saturated rings. The Morgan fingerprint density at radius 2 is 1.88 bits per heavy atom. The highest BCUT2D eigenvalue weighted by molar-refractivity contribution is 4.90. The van der Waals surface area contributed by atoms with Crippen molar-refractivity contribution in [3.05, 3.63) is 0 Å². The average Bonchev–Trinajstić information content (AvgIpc) is 2.31. The van der Waals surface area contributed by atoms with Crippen molar-refractivity contribution >= 4 is 0 Å². The van der Waals surface area contributed by atoms with E-state index in [4.69, 9.17) is 4.74 Å². The first kappa shape index (κ1) is 14.9. The predicted octanol–water partition coefficient (Wildman–Crippen LogP) is 2.12. The molecule has 0 atom stereocenters. The molecule has 3 nitrogen and oxygen atoms in total. The normalized spacial score (nSPS) is 18.7. The van der Waals surface area contributed by atoms with Gasteiger partial charge in [0.1, 0.15) is 0 Å². The molecular weight excluding hydrogens is 212 g/mol. The van der Waals surface area contributed by atoms with Crippen molar-refractivity contribution < 1.29 is 4.74 Å². The van der Waals surface area contributed by atoms with Gasteiger partial charge in [0.2, 0.25) is 0 Å². The Morgan fingerprint density at radius 1 is 1.24 bits per heavy atom. The van der Waals surface area contributed by atoms with Gasteiger partial charge in [0.25, 0.3) is 0 Å². The number of hydrogen-bond donors (Lipinski definition) is 1. The molecule has 1 heterocycles. The molecule has 0 bridgehead atoms. The quantitative estimate of drug-likeness (QED) is 0.670. The average molecular weight is 242 g/mol. The summed E-state index contributed by atoms with van der Waals surface area (Å²) >= 11 is 0. The fraction of sp³-hybridized carbons (Fsp3) is 1.00. The van der Waals surface area contributed by atoms with Crippen molar-refractivity contribution in [2.45, 2.75) is 46.1 Å². The first-order chi connectivity index (χ1) is 8.13. The first-order valence-corrected chi connectivity index (χ1v) is 7.20. The molecule has 3 heteroatoms. The lowest BCUT2D eigenvalue weighted by atomic mass is 10.0. The Bertz CT molecular complexity index is 200. The van der Waals surface area contributed by atoms with E-state index in [9.17, 15) is 0 Å². The Hall–Kier alpha value is -0.120. The Morgan fingerprint density at radius 3 is 2.29 bits per heavy atom. The standard InChI is InChI=1S/C14H30N2O/c1-5-13(6-2)10-16(7-3)8-9-17-14(4)11-15-12-14/h13,15H,5-12H2,1-4H3. The molecule has 0 radical (unpaired) electrons. The van der Waals surface area contributed by atoms with Crippen LogP contribution in [-0.4, -0.2) is 49.8 Å². The highest BCUT2D eigenvalue weighted by atomic mass is 16.5. The van der Waals surface area contributed by atoms with E-state index >= 15 is 0 Å². The smallest absolute Gasteiger partial charge is 0.0902 e. The summed E-state index contributed by atoms with van der Waals surface area (Å²) in [6.45, 7) is 15.3. The minimum atomic E-state index is 0.105. The van der Waals surface area contributed by atoms with Crippen molar-refractivity contribution in [2.75, 3.05) is 39.3 Å². The summed E-state index contributed by atoms with van der Waals surface area (Å²) in [6, 6.07) is 0. The summed E-state index contributed by atoms with van der Waals surface area (Å²) in [5.74, 6) is 0.843. The Balaban J connectivity index is 2.17. The van der Waals surface area contributed by atoms with Crippen LogP contribution in [-0.2, 0) is 4.74 Å². The lowest BCUT2D eigenvalue weighted by Crippen LogP contribution is -2.59. The summed E-state index contributed by atoms with van der Waals surface area (Å²) in [7, 11) is 0. The summed E-state index contributed by atoms with van der Waals surface area (Å²) in [5, 5.41) is 3.27. The molecule has 1 rings (SSSR count). The fourth-order valence-electron chi connectivity index (χ4n) is 2.29. The lowest BCUT2D eigenvalue weighted by molar-refractivity contribution is -0.0725. The maximum Gasteiger partial charge on any atom is 0.0902 e. The summed E-state index contributed by atoms with van der Waals surface area (Å²) in [6.07, 6.45) is 2.57. The highest BCUT2D eigenvalue weighted by Crippen LogP contribution is 2.15. The molecule has 1 aliphatic heterocycles. The summed E-state index contributed by atoms with van der Waals surface area (Å²) in [5.41, 5.74) is 0.105. The largest absolute Gasteiger partial charge is 0.371 e. The van der Waals surface area contributed by atoms with E-state index in [0.29, 0.717) is 0 Å². The van der Waals surface area contributed by atoms with Gasteiger partial charge in [-0.1, -0.05) is 33.6 Å². The zero-order valence-corrected chi connectivity index (χ0v) is 12.1. The molecule has 0 spiro atoms. The molecule has 17 heavy (non-hydrogen) atoms. The zero-order valence-electron chi connectivity index (χ0n) is 12.1. The van der Waals surface area contributed by atoms with E-state index in [-0.39, 0.29) is 5.60 Å². The van der Waals surface area contributed by atoms with Crippen LogP contribution in [0.4, 0.5) is 0 Å². The van der Waals surface area contributed by atoms with Crippen LogP contribution < -0.4 is 5.32 Å². The van der Waals surface area contributed by atoms with Crippen LogP contribution in [0.25, 0.3) is 0 Å². The number of nitrogens with one attached hydrogen (secondary N) is 1. The van der Waals surface area contributed by atoms with Gasteiger partial charge in [-0.15, -0.1) is 0 Å². The van der Waals surface area contributed by atoms with E-state index in [1.165, 1.54) is 19.4 Å². The molecule has 0 unspecified atom stereocenters. The molecule has 0 saturated carbocycles. The maximum atomic E-state index is 5.94. The number of ether oxygens (including phenoxy) is 1. The molecule has 1 N–H and O–H groups in total. The number of likely N-dealkylation sites (N-methyl/N-ethyl adjacent to an activating group) is 1. The second-order valence-electron chi connectivity index (χ2n) is 5.48. The predicted molar refractivity (Wildman–Crippen MR) is 73.4 cm³/mol. The molecule has 0 aromatic heterocycles. The van der Waals surface area contributed by atoms with Crippen molar-refractivity contribution in [1.29, 1.82) is 0 Å². The van der Waals surface area contributed by atoms with Crippen LogP contribution in [0.15, 0.2) is 0 Å². The van der Waals surface area contributed by atoms with E-state index < -0.39 is 0 Å². The van der Waals surface area contributed by atoms with Gasteiger partial charge in [0.05, 0.1) is 12.2 Å². The topological polar surface area (TPSA) is 24.5 Å². The molecule has 0 aliphatic carbocycles. The van der Waals surface area contributed by atoms with Gasteiger partial charge in [-0.05, 0) is 19.4 Å². The van der Waals surface area contributed by atoms with Gasteiger partial charge >= 0.3 is 0 Å². The minimum Gasteiger partial charge on any atom is -0.371 e. The maximum absolute atomic E-state index is 5.94. The zero-order chi connectivity index (χ0) is 12.7. The van der Waals surface area contributed by atoms with Crippen LogP contribution in [0, 0.1) is 5.92 Å². The van der Waals surface area contributed by atoms with Crippen LogP contribution in [0.3, 0.4) is 0 Å². The van der Waals surface area contributed by atoms with Gasteiger partial charge in [-0.25, -0.2) is 0 Å². The van der Waals surface area contributed by atoms with Crippen LogP contribution in [0.2, 0.25) is 0 Å². The fourth-order valence-corrected chi connectivity index (χ4v) is 2.29. The number of rotatable bonds is 9. The monoisotopic (exact) mass is 242 g/mol. The Labute approximate surface area is 107 Å². The van der Waals surface area contributed by atoms with Gasteiger partial charge in [-0.3, -0.25) is 0 Å². The van der Waals surface area contributed by atoms with Crippen LogP contribution >= 0.6 is 0 Å². The van der Waals surface area contributed by atoms with E-state index in [2.05, 4.69) is 37.9 Å². The summed E-state index contributed by atoms with van der Waals surface area (Å²) in [4.78, 5) is 2.52. The molecule has 1 saturated heterocycles. The van der Waals surface area contributed by atoms with Crippen molar-refractivity contribution in [1.82, 2.24) is 10.2 Å². The molecule has 102 valence electrons. The van der Waals surface area contributed by atoms with Gasteiger partial charge in [0, 0.05) is 26.2 Å². The SMILES string of the molecule is CCC(CC)CN(CC)CCOC1(C)CNC1. The number of hydrogen-bond acceptors (Lipinski definition) is 3. The molecule has 0 amide bonds. The Kier molecular flexibility index (Phi) is 6.45. The van der Waals surface area contributed by atoms with E-state index in [0.717, 1.165) is 38.7 Å². The first-order valence-electron chi connectivity index (χ1n) is 7.20. The van der Waals surface area contributed by atoms with Gasteiger partial charge in [0.15, 0.2) is 0 Å². The van der Waals surface area contributed by atoms with E-state index in [1.807, 2.05) is 0 Å². The van der Waals surface area contributed by atoms with Crippen LogP contribution in [0.5, 0.6) is 0 Å². The second-order valence-corrected chi connectivity index (χ2v) is 5.48. The second kappa shape index (κ2) is 7.34. The lowest BCUT2D eigenvalue weighted by Gasteiger charge is -2.39. The molecular formula is C14H30N2O. The van der Waals surface area contributed by atoms with Gasteiger partial charge in [-0.2, -0.15) is 0 Å². The molecule has 1 aliphatic rings. The third-order valence-electron chi connectivity index (χ3n) is 3.97.